The van der Waals surface area contributed by atoms with Gasteiger partial charge in [0.25, 0.3) is 5.91 Å². The summed E-state index contributed by atoms with van der Waals surface area (Å²) in [6, 6.07) is 15.4. The minimum absolute atomic E-state index is 0.285. The van der Waals surface area contributed by atoms with Crippen LogP contribution in [-0.4, -0.2) is 22.1 Å². The summed E-state index contributed by atoms with van der Waals surface area (Å²) in [6.07, 6.45) is 5.40. The van der Waals surface area contributed by atoms with E-state index >= 15 is 0 Å². The van der Waals surface area contributed by atoms with Crippen molar-refractivity contribution in [2.45, 2.75) is 11.4 Å². The molecular weight excluding hydrogens is 393 g/mol. The van der Waals surface area contributed by atoms with Crippen molar-refractivity contribution in [1.29, 1.82) is 0 Å². The second-order valence-corrected chi connectivity index (χ2v) is 7.92. The molecule has 0 unspecified atom stereocenters. The Morgan fingerprint density at radius 2 is 2.04 bits per heavy atom. The molecule has 0 fully saturated rings. The molecule has 2 aromatic heterocycles. The second kappa shape index (κ2) is 8.08. The molecule has 0 aliphatic carbocycles. The summed E-state index contributed by atoms with van der Waals surface area (Å²) in [5.41, 5.74) is 2.03. The fourth-order valence-corrected chi connectivity index (χ4v) is 4.49. The first-order chi connectivity index (χ1) is 13.7. The predicted octanol–water partition coefficient (Wildman–Crippen LogP) is 5.40. The number of rotatable bonds is 5. The molecule has 4 rings (SSSR count). The van der Waals surface area contributed by atoms with Gasteiger partial charge in [-0.3, -0.25) is 14.7 Å². The number of hydrogen-bond acceptors (Lipinski definition) is 5. The molecule has 0 aliphatic heterocycles. The van der Waals surface area contributed by atoms with Crippen molar-refractivity contribution in [2.75, 3.05) is 11.2 Å². The minimum Gasteiger partial charge on any atom is -0.279 e. The summed E-state index contributed by atoms with van der Waals surface area (Å²) in [5.74, 6) is -0.741. The largest absolute Gasteiger partial charge is 0.279 e. The standard InChI is InChI=1S/C21H16FN3OS2/c1-27-17-8-3-9-18-19(17)24-21(28-18)25(13-14-5-4-10-23-12-14)20(26)15-6-2-7-16(22)11-15/h2-12H,13H2,1H3. The SMILES string of the molecule is CSc1cccc2sc(N(Cc3cccnc3)C(=O)c3cccc(F)c3)nc12. The van der Waals surface area contributed by atoms with Gasteiger partial charge in [0.05, 0.1) is 16.8 Å². The summed E-state index contributed by atoms with van der Waals surface area (Å²) in [5, 5.41) is 0.578. The van der Waals surface area contributed by atoms with E-state index in [1.54, 1.807) is 35.1 Å². The van der Waals surface area contributed by atoms with E-state index in [2.05, 4.69) is 4.98 Å². The fraction of sp³-hybridized carbons (Fsp3) is 0.0952. The Morgan fingerprint density at radius 3 is 2.79 bits per heavy atom. The molecule has 7 heteroatoms. The van der Waals surface area contributed by atoms with Gasteiger partial charge in [-0.15, -0.1) is 11.8 Å². The Bertz CT molecular complexity index is 1130. The molecule has 0 aliphatic rings. The van der Waals surface area contributed by atoms with Gasteiger partial charge in [-0.25, -0.2) is 9.37 Å². The maximum Gasteiger partial charge on any atom is 0.260 e. The van der Waals surface area contributed by atoms with Crippen molar-refractivity contribution < 1.29 is 9.18 Å². The zero-order valence-corrected chi connectivity index (χ0v) is 16.6. The molecule has 0 atom stereocenters. The van der Waals surface area contributed by atoms with Gasteiger partial charge in [0, 0.05) is 22.9 Å². The number of aromatic nitrogens is 2. The number of pyridine rings is 1. The molecule has 0 saturated heterocycles. The topological polar surface area (TPSA) is 46.1 Å². The first-order valence-electron chi connectivity index (χ1n) is 8.55. The van der Waals surface area contributed by atoms with Crippen LogP contribution in [0.5, 0.6) is 0 Å². The van der Waals surface area contributed by atoms with Crippen LogP contribution < -0.4 is 4.90 Å². The van der Waals surface area contributed by atoms with Gasteiger partial charge < -0.3 is 0 Å². The Morgan fingerprint density at radius 1 is 1.18 bits per heavy atom. The van der Waals surface area contributed by atoms with Crippen LogP contribution in [0.1, 0.15) is 15.9 Å². The van der Waals surface area contributed by atoms with E-state index in [4.69, 9.17) is 4.98 Å². The van der Waals surface area contributed by atoms with Gasteiger partial charge in [-0.05, 0) is 48.2 Å². The normalized spacial score (nSPS) is 10.9. The van der Waals surface area contributed by atoms with Crippen molar-refractivity contribution in [3.63, 3.8) is 0 Å². The number of thioether (sulfide) groups is 1. The summed E-state index contributed by atoms with van der Waals surface area (Å²) in [7, 11) is 0. The quantitative estimate of drug-likeness (QED) is 0.414. The summed E-state index contributed by atoms with van der Waals surface area (Å²) >= 11 is 3.06. The highest BCUT2D eigenvalue weighted by Crippen LogP contribution is 2.35. The predicted molar refractivity (Wildman–Crippen MR) is 113 cm³/mol. The molecule has 28 heavy (non-hydrogen) atoms. The number of anilines is 1. The number of halogens is 1. The van der Waals surface area contributed by atoms with E-state index in [9.17, 15) is 9.18 Å². The number of fused-ring (bicyclic) bond motifs is 1. The lowest BCUT2D eigenvalue weighted by atomic mass is 10.2. The Hall–Kier alpha value is -2.77. The van der Waals surface area contributed by atoms with E-state index in [1.807, 2.05) is 36.6 Å². The number of carbonyl (C=O) groups excluding carboxylic acids is 1. The molecular formula is C21H16FN3OS2. The molecule has 0 radical (unpaired) electrons. The molecule has 4 aromatic rings. The van der Waals surface area contributed by atoms with Crippen molar-refractivity contribution in [2.24, 2.45) is 0 Å². The molecule has 0 bridgehead atoms. The van der Waals surface area contributed by atoms with Crippen molar-refractivity contribution in [1.82, 2.24) is 9.97 Å². The third-order valence-electron chi connectivity index (χ3n) is 4.20. The van der Waals surface area contributed by atoms with Gasteiger partial charge >= 0.3 is 0 Å². The summed E-state index contributed by atoms with van der Waals surface area (Å²) in [6.45, 7) is 0.303. The van der Waals surface area contributed by atoms with E-state index in [0.29, 0.717) is 11.7 Å². The van der Waals surface area contributed by atoms with E-state index < -0.39 is 5.82 Å². The zero-order valence-electron chi connectivity index (χ0n) is 15.0. The number of para-hydroxylation sites is 1. The molecule has 1 amide bonds. The van der Waals surface area contributed by atoms with Gasteiger partial charge in [-0.2, -0.15) is 0 Å². The number of amides is 1. The molecule has 2 heterocycles. The zero-order chi connectivity index (χ0) is 19.5. The van der Waals surface area contributed by atoms with Crippen LogP contribution in [0.3, 0.4) is 0 Å². The van der Waals surface area contributed by atoms with Crippen LogP contribution in [0.25, 0.3) is 10.2 Å². The third kappa shape index (κ3) is 3.76. The lowest BCUT2D eigenvalue weighted by Gasteiger charge is -2.20. The van der Waals surface area contributed by atoms with Gasteiger partial charge in [0.15, 0.2) is 5.13 Å². The van der Waals surface area contributed by atoms with Crippen LogP contribution >= 0.6 is 23.1 Å². The number of carbonyl (C=O) groups is 1. The molecule has 4 nitrogen and oxygen atoms in total. The Labute approximate surface area is 170 Å². The van der Waals surface area contributed by atoms with Crippen LogP contribution in [0.2, 0.25) is 0 Å². The van der Waals surface area contributed by atoms with Gasteiger partial charge in [0.1, 0.15) is 5.82 Å². The average molecular weight is 410 g/mol. The second-order valence-electron chi connectivity index (χ2n) is 6.07. The van der Waals surface area contributed by atoms with Crippen LogP contribution in [0, 0.1) is 5.82 Å². The maximum atomic E-state index is 13.7. The average Bonchev–Trinajstić information content (AvgIpc) is 3.16. The molecule has 0 spiro atoms. The van der Waals surface area contributed by atoms with Crippen LogP contribution in [0.4, 0.5) is 9.52 Å². The van der Waals surface area contributed by atoms with Crippen molar-refractivity contribution in [3.8, 4) is 0 Å². The minimum atomic E-state index is -0.443. The molecule has 140 valence electrons. The Balaban J connectivity index is 1.79. The lowest BCUT2D eigenvalue weighted by molar-refractivity contribution is 0.0984. The Kier molecular flexibility index (Phi) is 5.36. The fourth-order valence-electron chi connectivity index (χ4n) is 2.87. The monoisotopic (exact) mass is 409 g/mol. The van der Waals surface area contributed by atoms with Gasteiger partial charge in [0.2, 0.25) is 0 Å². The number of thiazole rings is 1. The summed E-state index contributed by atoms with van der Waals surface area (Å²) in [4.78, 5) is 24.7. The first kappa shape index (κ1) is 18.6. The van der Waals surface area contributed by atoms with E-state index in [0.717, 1.165) is 20.7 Å². The molecule has 0 N–H and O–H groups in total. The number of nitrogens with zero attached hydrogens (tertiary/aromatic N) is 3. The third-order valence-corrected chi connectivity index (χ3v) is 6.01. The number of benzene rings is 2. The summed E-state index contributed by atoms with van der Waals surface area (Å²) < 4.78 is 14.7. The van der Waals surface area contributed by atoms with Crippen LogP contribution in [-0.2, 0) is 6.54 Å². The van der Waals surface area contributed by atoms with E-state index in [1.165, 1.54) is 29.5 Å². The molecule has 0 saturated carbocycles. The first-order valence-corrected chi connectivity index (χ1v) is 10.6. The van der Waals surface area contributed by atoms with Crippen molar-refractivity contribution >= 4 is 44.4 Å². The van der Waals surface area contributed by atoms with Crippen LogP contribution in [0.15, 0.2) is 71.9 Å². The molecule has 2 aromatic carbocycles. The highest BCUT2D eigenvalue weighted by Gasteiger charge is 2.23. The smallest absolute Gasteiger partial charge is 0.260 e. The van der Waals surface area contributed by atoms with Crippen molar-refractivity contribution in [3.05, 3.63) is 83.9 Å². The van der Waals surface area contributed by atoms with E-state index in [-0.39, 0.29) is 11.5 Å². The highest BCUT2D eigenvalue weighted by molar-refractivity contribution is 7.98. The maximum absolute atomic E-state index is 13.7. The van der Waals surface area contributed by atoms with Gasteiger partial charge in [-0.1, -0.05) is 29.5 Å². The highest BCUT2D eigenvalue weighted by atomic mass is 32.2. The lowest BCUT2D eigenvalue weighted by Crippen LogP contribution is -2.30. The number of hydrogen-bond donors (Lipinski definition) is 0.